The molecule has 0 spiro atoms. The van der Waals surface area contributed by atoms with E-state index in [0.29, 0.717) is 0 Å². The molecule has 0 radical (unpaired) electrons. The van der Waals surface area contributed by atoms with Crippen molar-refractivity contribution < 1.29 is 29.9 Å². The Kier molecular flexibility index (Phi) is 5.71. The monoisotopic (exact) mass is 310 g/mol. The molecule has 0 aromatic heterocycles. The number of hydrogen-bond acceptors (Lipinski definition) is 6. The lowest BCUT2D eigenvalue weighted by Crippen LogP contribution is -2.54. The van der Waals surface area contributed by atoms with Crippen LogP contribution in [0, 0.1) is 0 Å². The molecular formula is C8H13Cl3O6. The predicted octanol–water partition coefficient (Wildman–Crippen LogP) is -0.827. The second kappa shape index (κ2) is 6.18. The Labute approximate surface area is 113 Å². The molecule has 1 fully saturated rings. The fourth-order valence-corrected chi connectivity index (χ4v) is 1.48. The molecule has 9 heteroatoms. The van der Waals surface area contributed by atoms with Crippen LogP contribution in [0.3, 0.4) is 0 Å². The van der Waals surface area contributed by atoms with Crippen LogP contribution in [0.5, 0.6) is 0 Å². The van der Waals surface area contributed by atoms with Crippen LogP contribution >= 0.6 is 34.8 Å². The Hall–Kier alpha value is 0.630. The molecule has 0 amide bonds. The maximum Gasteiger partial charge on any atom is 0.240 e. The van der Waals surface area contributed by atoms with Gasteiger partial charge in [-0.25, -0.2) is 0 Å². The van der Waals surface area contributed by atoms with Gasteiger partial charge < -0.3 is 29.9 Å². The maximum atomic E-state index is 9.53. The van der Waals surface area contributed by atoms with Gasteiger partial charge in [0.05, 0.1) is 13.2 Å². The zero-order chi connectivity index (χ0) is 13.2. The summed E-state index contributed by atoms with van der Waals surface area (Å²) in [6, 6.07) is 0. The third-order valence-electron chi connectivity index (χ3n) is 2.30. The molecular weight excluding hydrogens is 298 g/mol. The topological polar surface area (TPSA) is 99.4 Å². The van der Waals surface area contributed by atoms with Crippen molar-refractivity contribution >= 4 is 34.8 Å². The van der Waals surface area contributed by atoms with Crippen molar-refractivity contribution in [2.45, 2.75) is 34.5 Å². The minimum atomic E-state index is -2.02. The Balaban J connectivity index is 2.42. The van der Waals surface area contributed by atoms with Crippen molar-refractivity contribution in [2.24, 2.45) is 0 Å². The van der Waals surface area contributed by atoms with E-state index in [4.69, 9.17) is 44.3 Å². The van der Waals surface area contributed by atoms with E-state index >= 15 is 0 Å². The van der Waals surface area contributed by atoms with Gasteiger partial charge in [-0.15, -0.1) is 0 Å². The van der Waals surface area contributed by atoms with Crippen LogP contribution in [0.1, 0.15) is 0 Å². The molecule has 17 heavy (non-hydrogen) atoms. The number of alkyl halides is 3. The van der Waals surface area contributed by atoms with Crippen LogP contribution in [0.2, 0.25) is 0 Å². The largest absolute Gasteiger partial charge is 0.388 e. The summed E-state index contributed by atoms with van der Waals surface area (Å²) in [5.41, 5.74) is 0. The first-order valence-electron chi connectivity index (χ1n) is 4.75. The number of ether oxygens (including phenoxy) is 2. The van der Waals surface area contributed by atoms with Crippen molar-refractivity contribution in [3.8, 4) is 0 Å². The lowest BCUT2D eigenvalue weighted by atomic mass is 10.0. The average molecular weight is 312 g/mol. The molecule has 0 aliphatic carbocycles. The van der Waals surface area contributed by atoms with E-state index in [1.165, 1.54) is 0 Å². The molecule has 4 N–H and O–H groups in total. The summed E-state index contributed by atoms with van der Waals surface area (Å²) in [7, 11) is 0. The van der Waals surface area contributed by atoms with Gasteiger partial charge in [0, 0.05) is 0 Å². The fraction of sp³-hybridized carbons (Fsp3) is 1.00. The molecule has 1 unspecified atom stereocenters. The quantitative estimate of drug-likeness (QED) is 0.401. The summed E-state index contributed by atoms with van der Waals surface area (Å²) in [5.74, 6) is 0. The van der Waals surface area contributed by atoms with E-state index in [1.54, 1.807) is 0 Å². The Morgan fingerprint density at radius 1 is 1.24 bits per heavy atom. The van der Waals surface area contributed by atoms with Crippen LogP contribution in [0.4, 0.5) is 0 Å². The van der Waals surface area contributed by atoms with Crippen LogP contribution in [0.15, 0.2) is 0 Å². The van der Waals surface area contributed by atoms with Gasteiger partial charge in [-0.05, 0) is 0 Å². The highest BCUT2D eigenvalue weighted by atomic mass is 35.6. The highest BCUT2D eigenvalue weighted by Crippen LogP contribution is 2.31. The molecule has 6 nitrogen and oxygen atoms in total. The SMILES string of the molecule is OC(OC[C@H]1OC[C@H](O)[C@@H](O)[C@@H]1O)C(Cl)(Cl)Cl. The van der Waals surface area contributed by atoms with Gasteiger partial charge in [0.1, 0.15) is 24.4 Å². The third kappa shape index (κ3) is 4.34. The van der Waals surface area contributed by atoms with Crippen LogP contribution in [0.25, 0.3) is 0 Å². The number of halogens is 3. The van der Waals surface area contributed by atoms with E-state index in [2.05, 4.69) is 0 Å². The van der Waals surface area contributed by atoms with Gasteiger partial charge in [0.2, 0.25) is 10.1 Å². The number of rotatable bonds is 3. The molecule has 0 aromatic carbocycles. The molecule has 0 bridgehead atoms. The van der Waals surface area contributed by atoms with Gasteiger partial charge in [-0.3, -0.25) is 0 Å². The predicted molar refractivity (Wildman–Crippen MR) is 60.0 cm³/mol. The molecule has 1 rings (SSSR count). The van der Waals surface area contributed by atoms with Crippen molar-refractivity contribution in [2.75, 3.05) is 13.2 Å². The molecule has 0 aromatic rings. The molecule has 1 saturated heterocycles. The lowest BCUT2D eigenvalue weighted by molar-refractivity contribution is -0.215. The molecule has 1 aliphatic rings. The fourth-order valence-electron chi connectivity index (χ4n) is 1.29. The van der Waals surface area contributed by atoms with Gasteiger partial charge in [0.25, 0.3) is 0 Å². The highest BCUT2D eigenvalue weighted by molar-refractivity contribution is 6.67. The first-order valence-corrected chi connectivity index (χ1v) is 5.89. The summed E-state index contributed by atoms with van der Waals surface area (Å²) in [5, 5.41) is 37.3. The molecule has 102 valence electrons. The Bertz CT molecular complexity index is 248. The van der Waals surface area contributed by atoms with E-state index in [-0.39, 0.29) is 13.2 Å². The summed E-state index contributed by atoms with van der Waals surface area (Å²) < 4.78 is 7.78. The summed E-state index contributed by atoms with van der Waals surface area (Å²) in [6.45, 7) is -0.448. The summed E-state index contributed by atoms with van der Waals surface area (Å²) >= 11 is 16.1. The minimum Gasteiger partial charge on any atom is -0.388 e. The number of hydrogen-bond donors (Lipinski definition) is 4. The van der Waals surface area contributed by atoms with Gasteiger partial charge in [-0.2, -0.15) is 0 Å². The molecule has 1 heterocycles. The number of aliphatic hydroxyl groups excluding tert-OH is 4. The highest BCUT2D eigenvalue weighted by Gasteiger charge is 2.39. The van der Waals surface area contributed by atoms with Crippen molar-refractivity contribution in [1.29, 1.82) is 0 Å². The third-order valence-corrected chi connectivity index (χ3v) is 2.86. The van der Waals surface area contributed by atoms with Crippen molar-refractivity contribution in [3.63, 3.8) is 0 Å². The van der Waals surface area contributed by atoms with E-state index in [0.717, 1.165) is 0 Å². The van der Waals surface area contributed by atoms with Gasteiger partial charge in [-0.1, -0.05) is 34.8 Å². The van der Waals surface area contributed by atoms with Crippen molar-refractivity contribution in [1.82, 2.24) is 0 Å². The zero-order valence-electron chi connectivity index (χ0n) is 8.54. The van der Waals surface area contributed by atoms with Crippen LogP contribution in [-0.4, -0.2) is 68.1 Å². The van der Waals surface area contributed by atoms with E-state index < -0.39 is 34.5 Å². The smallest absolute Gasteiger partial charge is 0.240 e. The summed E-state index contributed by atoms with van der Waals surface area (Å²) in [6.07, 6.45) is -6.47. The minimum absolute atomic E-state index is 0.157. The Morgan fingerprint density at radius 3 is 2.35 bits per heavy atom. The van der Waals surface area contributed by atoms with Crippen molar-refractivity contribution in [3.05, 3.63) is 0 Å². The molecule has 0 saturated carbocycles. The van der Waals surface area contributed by atoms with Crippen LogP contribution < -0.4 is 0 Å². The maximum absolute atomic E-state index is 9.53. The zero-order valence-corrected chi connectivity index (χ0v) is 10.8. The molecule has 1 aliphatic heterocycles. The first kappa shape index (κ1) is 15.7. The summed E-state index contributed by atoms with van der Waals surface area (Å²) in [4.78, 5) is 0. The van der Waals surface area contributed by atoms with Gasteiger partial charge >= 0.3 is 0 Å². The van der Waals surface area contributed by atoms with E-state index in [1.807, 2.05) is 0 Å². The molecule has 5 atom stereocenters. The van der Waals surface area contributed by atoms with Gasteiger partial charge in [0.15, 0.2) is 0 Å². The first-order chi connectivity index (χ1) is 7.73. The second-order valence-electron chi connectivity index (χ2n) is 3.65. The number of aliphatic hydroxyl groups is 4. The normalized spacial score (nSPS) is 36.9. The second-order valence-corrected chi connectivity index (χ2v) is 6.02. The van der Waals surface area contributed by atoms with E-state index in [9.17, 15) is 20.4 Å². The average Bonchev–Trinajstić information content (AvgIpc) is 2.23. The lowest BCUT2D eigenvalue weighted by Gasteiger charge is -2.35. The standard InChI is InChI=1S/C8H13Cl3O6/c9-8(10,11)7(15)17-2-4-6(14)5(13)3(12)1-16-4/h3-7,12-15H,1-2H2/t3-,4+,5+,6+,7?/m0/s1. The Morgan fingerprint density at radius 2 is 1.82 bits per heavy atom. The van der Waals surface area contributed by atoms with Crippen LogP contribution in [-0.2, 0) is 9.47 Å².